The van der Waals surface area contributed by atoms with Crippen molar-refractivity contribution in [3.05, 3.63) is 17.5 Å². The monoisotopic (exact) mass is 189 g/mol. The summed E-state index contributed by atoms with van der Waals surface area (Å²) in [5.41, 5.74) is -0.0230. The van der Waals surface area contributed by atoms with E-state index < -0.39 is 16.8 Å². The van der Waals surface area contributed by atoms with Gasteiger partial charge in [0, 0.05) is 17.1 Å². The molecule has 1 unspecified atom stereocenters. The lowest BCUT2D eigenvalue weighted by Gasteiger charge is -1.91. The Balaban J connectivity index is 2.91. The van der Waals surface area contributed by atoms with Gasteiger partial charge in [-0.2, -0.15) is 0 Å². The van der Waals surface area contributed by atoms with Gasteiger partial charge < -0.3 is 9.63 Å². The molecule has 0 saturated heterocycles. The van der Waals surface area contributed by atoms with Gasteiger partial charge >= 0.3 is 5.97 Å². The zero-order valence-electron chi connectivity index (χ0n) is 6.31. The fourth-order valence-corrected chi connectivity index (χ4v) is 1.30. The number of carboxylic acids is 1. The minimum atomic E-state index is -1.12. The largest absolute Gasteiger partial charge is 0.478 e. The normalized spacial score (nSPS) is 12.8. The van der Waals surface area contributed by atoms with E-state index in [0.29, 0.717) is 0 Å². The summed E-state index contributed by atoms with van der Waals surface area (Å²) in [5, 5.41) is 11.9. The number of aromatic carboxylic acids is 1. The van der Waals surface area contributed by atoms with Gasteiger partial charge in [-0.05, 0) is 0 Å². The predicted octanol–water partition coefficient (Wildman–Crippen LogP) is 0.251. The van der Waals surface area contributed by atoms with Crippen molar-refractivity contribution in [3.63, 3.8) is 0 Å². The molecule has 1 atom stereocenters. The van der Waals surface area contributed by atoms with Crippen LogP contribution in [0, 0.1) is 0 Å². The van der Waals surface area contributed by atoms with Gasteiger partial charge in [0.05, 0.1) is 11.9 Å². The number of hydrogen-bond donors (Lipinski definition) is 1. The molecule has 0 aliphatic carbocycles. The van der Waals surface area contributed by atoms with E-state index in [9.17, 15) is 9.00 Å². The van der Waals surface area contributed by atoms with E-state index in [0.717, 1.165) is 6.20 Å². The van der Waals surface area contributed by atoms with E-state index in [1.807, 2.05) is 0 Å². The summed E-state index contributed by atoms with van der Waals surface area (Å²) in [5.74, 6) is -0.873. The zero-order chi connectivity index (χ0) is 9.14. The smallest absolute Gasteiger partial charge is 0.341 e. The molecule has 0 aliphatic rings. The number of carboxylic acid groups (broad SMARTS) is 1. The third-order valence-electron chi connectivity index (χ3n) is 1.21. The lowest BCUT2D eigenvalue weighted by atomic mass is 10.3. The lowest BCUT2D eigenvalue weighted by Crippen LogP contribution is -2.00. The molecule has 0 bridgehead atoms. The highest BCUT2D eigenvalue weighted by molar-refractivity contribution is 7.83. The SMILES string of the molecule is CS(=O)Cc1oncc1C(=O)O. The molecule has 1 heterocycles. The molecule has 0 radical (unpaired) electrons. The molecule has 0 aromatic carbocycles. The highest BCUT2D eigenvalue weighted by atomic mass is 32.2. The number of carbonyl (C=O) groups is 1. The summed E-state index contributed by atoms with van der Waals surface area (Å²) in [7, 11) is -1.12. The van der Waals surface area contributed by atoms with E-state index in [1.54, 1.807) is 0 Å². The first kappa shape index (κ1) is 8.92. The summed E-state index contributed by atoms with van der Waals surface area (Å²) in [4.78, 5) is 10.5. The fraction of sp³-hybridized carbons (Fsp3) is 0.333. The van der Waals surface area contributed by atoms with Gasteiger partial charge in [-0.15, -0.1) is 0 Å². The molecule has 1 aromatic heterocycles. The number of aromatic nitrogens is 1. The van der Waals surface area contributed by atoms with Crippen LogP contribution in [-0.2, 0) is 16.6 Å². The highest BCUT2D eigenvalue weighted by Gasteiger charge is 2.15. The minimum absolute atomic E-state index is 0.0230. The number of nitrogens with zero attached hydrogens (tertiary/aromatic N) is 1. The van der Waals surface area contributed by atoms with Gasteiger partial charge in [0.1, 0.15) is 5.56 Å². The van der Waals surface area contributed by atoms with Crippen LogP contribution in [0.2, 0.25) is 0 Å². The van der Waals surface area contributed by atoms with E-state index >= 15 is 0 Å². The van der Waals surface area contributed by atoms with Crippen molar-refractivity contribution < 1.29 is 18.6 Å². The fourth-order valence-electron chi connectivity index (χ4n) is 0.727. The first-order chi connectivity index (χ1) is 5.61. The standard InChI is InChI=1S/C6H7NO4S/c1-12(10)3-5-4(6(8)9)2-7-11-5/h2H,3H2,1H3,(H,8,9). The number of hydrogen-bond acceptors (Lipinski definition) is 4. The maximum absolute atomic E-state index is 10.7. The van der Waals surface area contributed by atoms with Gasteiger partial charge in [-0.25, -0.2) is 4.79 Å². The van der Waals surface area contributed by atoms with Crippen molar-refractivity contribution in [2.45, 2.75) is 5.75 Å². The predicted molar refractivity (Wildman–Crippen MR) is 41.2 cm³/mol. The van der Waals surface area contributed by atoms with Crippen LogP contribution < -0.4 is 0 Å². The Labute approximate surface area is 70.8 Å². The maximum atomic E-state index is 10.7. The minimum Gasteiger partial charge on any atom is -0.478 e. The second-order valence-corrected chi connectivity index (χ2v) is 3.62. The second kappa shape index (κ2) is 3.48. The average Bonchev–Trinajstić information content (AvgIpc) is 2.33. The third kappa shape index (κ3) is 1.91. The van der Waals surface area contributed by atoms with Gasteiger partial charge in [-0.3, -0.25) is 4.21 Å². The molecule has 0 saturated carbocycles. The Bertz CT molecular complexity index is 319. The van der Waals surface area contributed by atoms with Crippen LogP contribution in [0.25, 0.3) is 0 Å². The average molecular weight is 189 g/mol. The van der Waals surface area contributed by atoms with Gasteiger partial charge in [0.25, 0.3) is 0 Å². The first-order valence-electron chi connectivity index (χ1n) is 3.08. The molecular weight excluding hydrogens is 182 g/mol. The molecular formula is C6H7NO4S. The highest BCUT2D eigenvalue weighted by Crippen LogP contribution is 2.09. The van der Waals surface area contributed by atoms with Crippen LogP contribution in [0.3, 0.4) is 0 Å². The van der Waals surface area contributed by atoms with Crippen LogP contribution in [0.4, 0.5) is 0 Å². The molecule has 0 fully saturated rings. The topological polar surface area (TPSA) is 80.4 Å². The Morgan fingerprint density at radius 3 is 3.00 bits per heavy atom. The molecule has 5 nitrogen and oxygen atoms in total. The summed E-state index contributed by atoms with van der Waals surface area (Å²) < 4.78 is 15.3. The molecule has 0 amide bonds. The van der Waals surface area contributed by atoms with E-state index in [2.05, 4.69) is 9.68 Å². The molecule has 66 valence electrons. The van der Waals surface area contributed by atoms with Crippen LogP contribution in [0.5, 0.6) is 0 Å². The van der Waals surface area contributed by atoms with Crippen LogP contribution in [0.1, 0.15) is 16.1 Å². The van der Waals surface area contributed by atoms with Gasteiger partial charge in [-0.1, -0.05) is 5.16 Å². The third-order valence-corrected chi connectivity index (χ3v) is 1.88. The van der Waals surface area contributed by atoms with Crippen molar-refractivity contribution in [1.82, 2.24) is 5.16 Å². The Hall–Kier alpha value is -1.17. The second-order valence-electron chi connectivity index (χ2n) is 2.19. The lowest BCUT2D eigenvalue weighted by molar-refractivity contribution is 0.0695. The molecule has 1 aromatic rings. The number of rotatable bonds is 3. The molecule has 6 heteroatoms. The molecule has 1 N–H and O–H groups in total. The Kier molecular flexibility index (Phi) is 2.59. The van der Waals surface area contributed by atoms with Crippen molar-refractivity contribution in [3.8, 4) is 0 Å². The summed E-state index contributed by atoms with van der Waals surface area (Å²) in [6.07, 6.45) is 2.57. The maximum Gasteiger partial charge on any atom is 0.341 e. The molecule has 12 heavy (non-hydrogen) atoms. The van der Waals surface area contributed by atoms with E-state index in [1.165, 1.54) is 6.26 Å². The van der Waals surface area contributed by atoms with Gasteiger partial charge in [0.2, 0.25) is 0 Å². The van der Waals surface area contributed by atoms with E-state index in [-0.39, 0.29) is 17.1 Å². The summed E-state index contributed by atoms with van der Waals surface area (Å²) in [6, 6.07) is 0. The molecule has 1 rings (SSSR count). The Morgan fingerprint density at radius 2 is 2.50 bits per heavy atom. The molecule has 0 spiro atoms. The van der Waals surface area contributed by atoms with Crippen molar-refractivity contribution in [2.75, 3.05) is 6.26 Å². The van der Waals surface area contributed by atoms with E-state index in [4.69, 9.17) is 5.11 Å². The summed E-state index contributed by atoms with van der Waals surface area (Å²) in [6.45, 7) is 0. The Morgan fingerprint density at radius 1 is 1.83 bits per heavy atom. The first-order valence-corrected chi connectivity index (χ1v) is 4.81. The van der Waals surface area contributed by atoms with Crippen molar-refractivity contribution >= 4 is 16.8 Å². The van der Waals surface area contributed by atoms with Crippen LogP contribution >= 0.6 is 0 Å². The van der Waals surface area contributed by atoms with Crippen molar-refractivity contribution in [1.29, 1.82) is 0 Å². The summed E-state index contributed by atoms with van der Waals surface area (Å²) >= 11 is 0. The van der Waals surface area contributed by atoms with Crippen molar-refractivity contribution in [2.24, 2.45) is 0 Å². The zero-order valence-corrected chi connectivity index (χ0v) is 7.13. The molecule has 0 aliphatic heterocycles. The van der Waals surface area contributed by atoms with Crippen LogP contribution in [-0.4, -0.2) is 26.7 Å². The van der Waals surface area contributed by atoms with Crippen LogP contribution in [0.15, 0.2) is 10.7 Å². The quantitative estimate of drug-likeness (QED) is 0.737. The van der Waals surface area contributed by atoms with Gasteiger partial charge in [0.15, 0.2) is 5.76 Å².